The second-order valence-electron chi connectivity index (χ2n) is 4.65. The van der Waals surface area contributed by atoms with Gasteiger partial charge >= 0.3 is 0 Å². The Bertz CT molecular complexity index is 838. The molecule has 3 rings (SSSR count). The lowest BCUT2D eigenvalue weighted by molar-refractivity contribution is 0.270. The van der Waals surface area contributed by atoms with Crippen molar-refractivity contribution in [3.05, 3.63) is 59.9 Å². The van der Waals surface area contributed by atoms with Crippen LogP contribution >= 0.6 is 0 Å². The summed E-state index contributed by atoms with van der Waals surface area (Å²) in [5.41, 5.74) is 1.35. The number of hydrogen-bond donors (Lipinski definition) is 0. The van der Waals surface area contributed by atoms with E-state index in [0.29, 0.717) is 28.8 Å². The fraction of sp³-hybridized carbons (Fsp3) is 0.118. The van der Waals surface area contributed by atoms with Gasteiger partial charge in [-0.3, -0.25) is 0 Å². The molecule has 0 bridgehead atoms. The summed E-state index contributed by atoms with van der Waals surface area (Å²) in [7, 11) is 1.52. The van der Waals surface area contributed by atoms with E-state index in [0.717, 1.165) is 5.56 Å². The van der Waals surface area contributed by atoms with Gasteiger partial charge < -0.3 is 14.0 Å². The van der Waals surface area contributed by atoms with Gasteiger partial charge in [-0.05, 0) is 24.3 Å². The molecule has 0 N–H and O–H groups in total. The first-order chi connectivity index (χ1) is 11.3. The Labute approximate surface area is 132 Å². The topological polar surface area (TPSA) is 81.2 Å². The Kier molecular flexibility index (Phi) is 4.20. The van der Waals surface area contributed by atoms with Crippen LogP contribution in [0.3, 0.4) is 0 Å². The number of aromatic nitrogens is 2. The zero-order valence-corrected chi connectivity index (χ0v) is 12.4. The van der Waals surface area contributed by atoms with Crippen LogP contribution in [0.15, 0.2) is 53.1 Å². The minimum atomic E-state index is 0.137. The van der Waals surface area contributed by atoms with Crippen LogP contribution < -0.4 is 9.47 Å². The lowest BCUT2D eigenvalue weighted by Crippen LogP contribution is -1.99. The summed E-state index contributed by atoms with van der Waals surface area (Å²) in [6, 6.07) is 16.5. The summed E-state index contributed by atoms with van der Waals surface area (Å²) in [5, 5.41) is 12.8. The molecule has 0 amide bonds. The molecule has 0 spiro atoms. The van der Waals surface area contributed by atoms with Crippen molar-refractivity contribution < 1.29 is 14.0 Å². The van der Waals surface area contributed by atoms with Crippen LogP contribution in [0.2, 0.25) is 0 Å². The third-order valence-corrected chi connectivity index (χ3v) is 3.14. The van der Waals surface area contributed by atoms with Gasteiger partial charge in [0.15, 0.2) is 18.1 Å². The first kappa shape index (κ1) is 14.6. The lowest BCUT2D eigenvalue weighted by Gasteiger charge is -2.08. The molecule has 0 aliphatic carbocycles. The first-order valence-corrected chi connectivity index (χ1v) is 6.89. The van der Waals surface area contributed by atoms with Crippen LogP contribution in [-0.4, -0.2) is 17.3 Å². The van der Waals surface area contributed by atoms with Crippen molar-refractivity contribution >= 4 is 0 Å². The first-order valence-electron chi connectivity index (χ1n) is 6.89. The summed E-state index contributed by atoms with van der Waals surface area (Å²) >= 11 is 0. The highest BCUT2D eigenvalue weighted by atomic mass is 16.5. The average Bonchev–Trinajstić information content (AvgIpc) is 3.09. The largest absolute Gasteiger partial charge is 0.493 e. The summed E-state index contributed by atoms with van der Waals surface area (Å²) in [4.78, 5) is 4.29. The van der Waals surface area contributed by atoms with E-state index in [1.54, 1.807) is 18.2 Å². The Hall–Kier alpha value is -3.33. The minimum Gasteiger partial charge on any atom is -0.493 e. The summed E-state index contributed by atoms with van der Waals surface area (Å²) in [6.07, 6.45) is 0. The highest BCUT2D eigenvalue weighted by Gasteiger charge is 2.11. The summed E-state index contributed by atoms with van der Waals surface area (Å²) in [5.74, 6) is 1.86. The van der Waals surface area contributed by atoms with Crippen molar-refractivity contribution in [3.8, 4) is 29.0 Å². The van der Waals surface area contributed by atoms with E-state index in [4.69, 9.17) is 19.3 Å². The molecule has 0 aliphatic rings. The summed E-state index contributed by atoms with van der Waals surface area (Å²) in [6.45, 7) is 0.137. The van der Waals surface area contributed by atoms with E-state index in [1.165, 1.54) is 7.11 Å². The Morgan fingerprint density at radius 3 is 2.70 bits per heavy atom. The minimum absolute atomic E-state index is 0.137. The fourth-order valence-electron chi connectivity index (χ4n) is 2.01. The molecule has 6 nitrogen and oxygen atoms in total. The van der Waals surface area contributed by atoms with Gasteiger partial charge in [-0.25, -0.2) is 0 Å². The molecule has 1 heterocycles. The van der Waals surface area contributed by atoms with Crippen molar-refractivity contribution in [1.82, 2.24) is 10.1 Å². The number of nitrogens with zero attached hydrogens (tertiary/aromatic N) is 3. The van der Waals surface area contributed by atoms with Crippen molar-refractivity contribution in [1.29, 1.82) is 5.26 Å². The Morgan fingerprint density at radius 2 is 1.96 bits per heavy atom. The number of methoxy groups -OCH3 is 1. The molecule has 0 fully saturated rings. The molecule has 2 aromatic carbocycles. The zero-order chi connectivity index (χ0) is 16.1. The number of rotatable bonds is 5. The van der Waals surface area contributed by atoms with Crippen LogP contribution in [0.5, 0.6) is 11.5 Å². The third kappa shape index (κ3) is 3.30. The van der Waals surface area contributed by atoms with Gasteiger partial charge in [-0.1, -0.05) is 23.4 Å². The van der Waals surface area contributed by atoms with Crippen molar-refractivity contribution in [2.75, 3.05) is 7.11 Å². The van der Waals surface area contributed by atoms with E-state index in [-0.39, 0.29) is 6.61 Å². The molecule has 0 unspecified atom stereocenters. The molecular formula is C17H13N3O3. The average molecular weight is 307 g/mol. The van der Waals surface area contributed by atoms with E-state index < -0.39 is 0 Å². The van der Waals surface area contributed by atoms with E-state index in [1.807, 2.05) is 36.4 Å². The van der Waals surface area contributed by atoms with E-state index >= 15 is 0 Å². The van der Waals surface area contributed by atoms with Gasteiger partial charge in [0.05, 0.1) is 18.7 Å². The van der Waals surface area contributed by atoms with Gasteiger partial charge in [-0.15, -0.1) is 0 Å². The molecule has 3 aromatic rings. The highest BCUT2D eigenvalue weighted by molar-refractivity contribution is 5.52. The van der Waals surface area contributed by atoms with Crippen molar-refractivity contribution in [3.63, 3.8) is 0 Å². The lowest BCUT2D eigenvalue weighted by atomic mass is 10.2. The number of nitriles is 1. The SMILES string of the molecule is COc1cc(C#N)ccc1OCc1noc(-c2ccccc2)n1. The van der Waals surface area contributed by atoms with E-state index in [2.05, 4.69) is 10.1 Å². The molecule has 0 aliphatic heterocycles. The number of ether oxygens (including phenoxy) is 2. The molecule has 114 valence electrons. The number of benzene rings is 2. The monoisotopic (exact) mass is 307 g/mol. The predicted molar refractivity (Wildman–Crippen MR) is 81.8 cm³/mol. The Morgan fingerprint density at radius 1 is 1.13 bits per heavy atom. The standard InChI is InChI=1S/C17H13N3O3/c1-21-15-9-12(10-18)7-8-14(15)22-11-16-19-17(23-20-16)13-5-3-2-4-6-13/h2-9H,11H2,1H3. The van der Waals surface area contributed by atoms with Gasteiger partial charge in [0.25, 0.3) is 5.89 Å². The van der Waals surface area contributed by atoms with Gasteiger partial charge in [0.2, 0.25) is 5.82 Å². The van der Waals surface area contributed by atoms with Gasteiger partial charge in [0.1, 0.15) is 0 Å². The van der Waals surface area contributed by atoms with Crippen LogP contribution in [0.1, 0.15) is 11.4 Å². The van der Waals surface area contributed by atoms with Crippen molar-refractivity contribution in [2.24, 2.45) is 0 Å². The Balaban J connectivity index is 1.72. The highest BCUT2D eigenvalue weighted by Crippen LogP contribution is 2.28. The fourth-order valence-corrected chi connectivity index (χ4v) is 2.01. The molecule has 0 radical (unpaired) electrons. The van der Waals surface area contributed by atoms with Crippen molar-refractivity contribution in [2.45, 2.75) is 6.61 Å². The predicted octanol–water partition coefficient (Wildman–Crippen LogP) is 3.20. The quantitative estimate of drug-likeness (QED) is 0.720. The maximum absolute atomic E-state index is 8.89. The van der Waals surface area contributed by atoms with Crippen LogP contribution in [0, 0.1) is 11.3 Å². The van der Waals surface area contributed by atoms with Gasteiger partial charge in [0, 0.05) is 11.6 Å². The van der Waals surface area contributed by atoms with Crippen LogP contribution in [0.25, 0.3) is 11.5 Å². The second kappa shape index (κ2) is 6.62. The molecular weight excluding hydrogens is 294 g/mol. The number of hydrogen-bond acceptors (Lipinski definition) is 6. The normalized spacial score (nSPS) is 10.1. The zero-order valence-electron chi connectivity index (χ0n) is 12.4. The second-order valence-corrected chi connectivity index (χ2v) is 4.65. The third-order valence-electron chi connectivity index (χ3n) is 3.14. The molecule has 23 heavy (non-hydrogen) atoms. The summed E-state index contributed by atoms with van der Waals surface area (Å²) < 4.78 is 16.1. The van der Waals surface area contributed by atoms with Gasteiger partial charge in [-0.2, -0.15) is 10.2 Å². The molecule has 1 aromatic heterocycles. The molecule has 0 saturated heterocycles. The molecule has 6 heteroatoms. The smallest absolute Gasteiger partial charge is 0.258 e. The van der Waals surface area contributed by atoms with Crippen LogP contribution in [0.4, 0.5) is 0 Å². The maximum atomic E-state index is 8.89. The maximum Gasteiger partial charge on any atom is 0.258 e. The molecule has 0 saturated carbocycles. The van der Waals surface area contributed by atoms with Crippen LogP contribution in [-0.2, 0) is 6.61 Å². The molecule has 0 atom stereocenters. The van der Waals surface area contributed by atoms with E-state index in [9.17, 15) is 0 Å².